The second-order valence-electron chi connectivity index (χ2n) is 3.79. The van der Waals surface area contributed by atoms with Crippen LogP contribution in [-0.4, -0.2) is 11.7 Å². The van der Waals surface area contributed by atoms with Crippen LogP contribution in [0.4, 0.5) is 0 Å². The van der Waals surface area contributed by atoms with Crippen molar-refractivity contribution in [2.45, 2.75) is 57.8 Å². The van der Waals surface area contributed by atoms with E-state index in [-0.39, 0.29) is 12.4 Å². The van der Waals surface area contributed by atoms with Crippen LogP contribution < -0.4 is 5.73 Å². The summed E-state index contributed by atoms with van der Waals surface area (Å²) in [6.07, 6.45) is 14.3. The number of aliphatic hydroxyl groups is 1. The molecule has 15 heavy (non-hydrogen) atoms. The fourth-order valence-electron chi connectivity index (χ4n) is 1.54. The molecule has 0 bridgehead atoms. The molecule has 0 saturated heterocycles. The van der Waals surface area contributed by atoms with Crippen molar-refractivity contribution in [3.05, 3.63) is 12.3 Å². The van der Waals surface area contributed by atoms with E-state index in [1.165, 1.54) is 51.4 Å². The average molecular weight is 236 g/mol. The quantitative estimate of drug-likeness (QED) is 0.445. The number of unbranched alkanes of at least 4 members (excludes halogenated alkanes) is 8. The summed E-state index contributed by atoms with van der Waals surface area (Å²) in [5, 5.41) is 8.40. The van der Waals surface area contributed by atoms with Gasteiger partial charge in [0, 0.05) is 0 Å². The first kappa shape index (κ1) is 17.2. The van der Waals surface area contributed by atoms with Crippen LogP contribution in [0.25, 0.3) is 0 Å². The summed E-state index contributed by atoms with van der Waals surface area (Å²) < 4.78 is 0. The van der Waals surface area contributed by atoms with Crippen molar-refractivity contribution in [2.24, 2.45) is 5.73 Å². The number of allylic oxidation sites excluding steroid dienone is 1. The van der Waals surface area contributed by atoms with Crippen LogP contribution in [0.5, 0.6) is 0 Å². The molecule has 0 aliphatic rings. The zero-order chi connectivity index (χ0) is 10.5. The Kier molecular flexibility index (Phi) is 18.6. The molecule has 0 aliphatic carbocycles. The maximum absolute atomic E-state index is 8.40. The van der Waals surface area contributed by atoms with E-state index in [1.54, 1.807) is 0 Å². The maximum Gasteiger partial charge on any atom is 0.0751 e. The van der Waals surface area contributed by atoms with Crippen LogP contribution in [0.2, 0.25) is 0 Å². The minimum Gasteiger partial charge on any atom is -0.516 e. The largest absolute Gasteiger partial charge is 0.516 e. The van der Waals surface area contributed by atoms with E-state index < -0.39 is 0 Å². The number of rotatable bonds is 10. The summed E-state index contributed by atoms with van der Waals surface area (Å²) in [5.74, 6) is 0. The normalized spacial score (nSPS) is 10.5. The Balaban J connectivity index is 0. The van der Waals surface area contributed by atoms with Crippen molar-refractivity contribution in [1.29, 1.82) is 0 Å². The molecule has 0 spiro atoms. The third-order valence-corrected chi connectivity index (χ3v) is 2.43. The van der Waals surface area contributed by atoms with Crippen molar-refractivity contribution < 1.29 is 5.11 Å². The predicted molar refractivity (Wildman–Crippen MR) is 69.6 cm³/mol. The van der Waals surface area contributed by atoms with Gasteiger partial charge in [-0.3, -0.25) is 0 Å². The third kappa shape index (κ3) is 16.5. The topological polar surface area (TPSA) is 46.2 Å². The molecule has 0 unspecified atom stereocenters. The van der Waals surface area contributed by atoms with Crippen LogP contribution in [0.15, 0.2) is 12.3 Å². The zero-order valence-corrected chi connectivity index (χ0v) is 10.5. The van der Waals surface area contributed by atoms with Crippen LogP contribution in [-0.2, 0) is 0 Å². The van der Waals surface area contributed by atoms with Crippen LogP contribution in [0.1, 0.15) is 57.8 Å². The summed E-state index contributed by atoms with van der Waals surface area (Å²) in [4.78, 5) is 0. The highest BCUT2D eigenvalue weighted by Crippen LogP contribution is 2.09. The molecule has 0 aromatic carbocycles. The highest BCUT2D eigenvalue weighted by Gasteiger charge is 1.90. The molecule has 0 atom stereocenters. The van der Waals surface area contributed by atoms with Gasteiger partial charge in [0.25, 0.3) is 0 Å². The van der Waals surface area contributed by atoms with Crippen LogP contribution in [0.3, 0.4) is 0 Å². The standard InChI is InChI=1S/C12H25NO.ClH/c13-11-9-7-5-3-1-2-4-6-8-10-12-14;/h10,12,14H,1-9,11,13H2;1H. The first-order valence-electron chi connectivity index (χ1n) is 5.91. The number of hydrogen-bond acceptors (Lipinski definition) is 2. The fraction of sp³-hybridized carbons (Fsp3) is 0.833. The number of hydrogen-bond donors (Lipinski definition) is 2. The highest BCUT2D eigenvalue weighted by molar-refractivity contribution is 5.85. The van der Waals surface area contributed by atoms with Crippen molar-refractivity contribution in [1.82, 2.24) is 0 Å². The monoisotopic (exact) mass is 235 g/mol. The maximum atomic E-state index is 8.40. The van der Waals surface area contributed by atoms with Gasteiger partial charge in [0.15, 0.2) is 0 Å². The van der Waals surface area contributed by atoms with Gasteiger partial charge in [-0.1, -0.05) is 44.6 Å². The molecular formula is C12H26ClNO. The number of nitrogens with two attached hydrogens (primary N) is 1. The van der Waals surface area contributed by atoms with Crippen molar-refractivity contribution >= 4 is 12.4 Å². The van der Waals surface area contributed by atoms with E-state index in [2.05, 4.69) is 0 Å². The molecule has 0 heterocycles. The SMILES string of the molecule is Cl.NCCCCCCCCCCC=CO. The molecule has 0 amide bonds. The van der Waals surface area contributed by atoms with Crippen molar-refractivity contribution in [3.63, 3.8) is 0 Å². The average Bonchev–Trinajstić information content (AvgIpc) is 2.21. The van der Waals surface area contributed by atoms with Gasteiger partial charge in [0.05, 0.1) is 6.26 Å². The molecule has 92 valence electrons. The predicted octanol–water partition coefficient (Wildman–Crippen LogP) is 3.95. The Labute approximate surface area is 100 Å². The second kappa shape index (κ2) is 16.2. The summed E-state index contributed by atoms with van der Waals surface area (Å²) >= 11 is 0. The molecule has 0 fully saturated rings. The zero-order valence-electron chi connectivity index (χ0n) is 9.66. The first-order valence-corrected chi connectivity index (χ1v) is 5.91. The second-order valence-corrected chi connectivity index (χ2v) is 3.79. The summed E-state index contributed by atoms with van der Waals surface area (Å²) in [7, 11) is 0. The minimum absolute atomic E-state index is 0. The third-order valence-electron chi connectivity index (χ3n) is 2.43. The Morgan fingerprint density at radius 1 is 0.800 bits per heavy atom. The van der Waals surface area contributed by atoms with E-state index in [9.17, 15) is 0 Å². The summed E-state index contributed by atoms with van der Waals surface area (Å²) in [5.41, 5.74) is 5.41. The van der Waals surface area contributed by atoms with Gasteiger partial charge in [-0.2, -0.15) is 0 Å². The lowest BCUT2D eigenvalue weighted by molar-refractivity contribution is 0.469. The molecule has 2 nitrogen and oxygen atoms in total. The van der Waals surface area contributed by atoms with E-state index in [0.29, 0.717) is 0 Å². The molecule has 0 rings (SSSR count). The Hall–Kier alpha value is -0.210. The van der Waals surface area contributed by atoms with E-state index >= 15 is 0 Å². The summed E-state index contributed by atoms with van der Waals surface area (Å²) in [6.45, 7) is 0.841. The van der Waals surface area contributed by atoms with Gasteiger partial charge in [-0.15, -0.1) is 12.4 Å². The molecule has 3 heteroatoms. The van der Waals surface area contributed by atoms with Gasteiger partial charge in [-0.25, -0.2) is 0 Å². The Bertz CT molecular complexity index is 129. The lowest BCUT2D eigenvalue weighted by atomic mass is 10.1. The van der Waals surface area contributed by atoms with Crippen LogP contribution in [0, 0.1) is 0 Å². The fourth-order valence-corrected chi connectivity index (χ4v) is 1.54. The van der Waals surface area contributed by atoms with Crippen molar-refractivity contribution in [3.8, 4) is 0 Å². The lowest BCUT2D eigenvalue weighted by Gasteiger charge is -2.00. The minimum atomic E-state index is 0. The summed E-state index contributed by atoms with van der Waals surface area (Å²) in [6, 6.07) is 0. The molecule has 0 radical (unpaired) electrons. The molecule has 0 aliphatic heterocycles. The Morgan fingerprint density at radius 2 is 1.27 bits per heavy atom. The van der Waals surface area contributed by atoms with E-state index in [0.717, 1.165) is 19.2 Å². The molecular weight excluding hydrogens is 210 g/mol. The van der Waals surface area contributed by atoms with Gasteiger partial charge in [0.2, 0.25) is 0 Å². The highest BCUT2D eigenvalue weighted by atomic mass is 35.5. The van der Waals surface area contributed by atoms with Gasteiger partial charge >= 0.3 is 0 Å². The van der Waals surface area contributed by atoms with E-state index in [1.807, 2.05) is 6.08 Å². The molecule has 0 aromatic rings. The Morgan fingerprint density at radius 3 is 1.73 bits per heavy atom. The molecule has 0 saturated carbocycles. The molecule has 0 aromatic heterocycles. The van der Waals surface area contributed by atoms with Gasteiger partial charge in [0.1, 0.15) is 0 Å². The van der Waals surface area contributed by atoms with Crippen LogP contribution >= 0.6 is 12.4 Å². The van der Waals surface area contributed by atoms with E-state index in [4.69, 9.17) is 10.8 Å². The smallest absolute Gasteiger partial charge is 0.0751 e. The number of aliphatic hydroxyl groups excluding tert-OH is 1. The van der Waals surface area contributed by atoms with Gasteiger partial charge < -0.3 is 10.8 Å². The van der Waals surface area contributed by atoms with Gasteiger partial charge in [-0.05, 0) is 25.8 Å². The number of halogens is 1. The first-order chi connectivity index (χ1) is 6.91. The van der Waals surface area contributed by atoms with Crippen molar-refractivity contribution in [2.75, 3.05) is 6.54 Å². The molecule has 3 N–H and O–H groups in total. The lowest BCUT2D eigenvalue weighted by Crippen LogP contribution is -1.97.